The van der Waals surface area contributed by atoms with Crippen LogP contribution >= 0.6 is 11.6 Å². The summed E-state index contributed by atoms with van der Waals surface area (Å²) in [5.41, 5.74) is 7.15. The van der Waals surface area contributed by atoms with E-state index in [-0.39, 0.29) is 17.2 Å². The van der Waals surface area contributed by atoms with Gasteiger partial charge in [0.2, 0.25) is 6.41 Å². The first-order valence-electron chi connectivity index (χ1n) is 11.7. The molecule has 3 rings (SSSR count). The molecule has 0 atom stereocenters. The van der Waals surface area contributed by atoms with E-state index in [0.29, 0.717) is 0 Å². The number of primary amides is 1. The molecule has 0 saturated carbocycles. The molecule has 1 amide bonds. The maximum absolute atomic E-state index is 13.6. The van der Waals surface area contributed by atoms with Gasteiger partial charge in [0.1, 0.15) is 12.6 Å². The number of allylic oxidation sites excluding steroid dienone is 1. The van der Waals surface area contributed by atoms with Gasteiger partial charge in [0.25, 0.3) is 0 Å². The smallest absolute Gasteiger partial charge is 0.204 e. The largest absolute Gasteiger partial charge is 0.372 e. The van der Waals surface area contributed by atoms with Gasteiger partial charge in [-0.3, -0.25) is 20.3 Å². The van der Waals surface area contributed by atoms with Gasteiger partial charge < -0.3 is 10.5 Å². The summed E-state index contributed by atoms with van der Waals surface area (Å²) in [5.74, 6) is 5.26. The summed E-state index contributed by atoms with van der Waals surface area (Å²) in [7, 11) is 1.88. The molecular formula is C27H39ClFN5O2. The van der Waals surface area contributed by atoms with Gasteiger partial charge in [-0.25, -0.2) is 4.39 Å². The normalized spacial score (nSPS) is 9.83. The van der Waals surface area contributed by atoms with Gasteiger partial charge in [0.05, 0.1) is 22.8 Å². The SMILES string of the molecule is C=CCn1nc(C)c2ccccc21.C=O.CN(N)CCCCCCCc1cccc(Cl)c1F.NC=O. The fraction of sp³-hybridized carbons (Fsp3) is 0.370. The topological polar surface area (TPSA) is 107 Å². The van der Waals surface area contributed by atoms with Crippen LogP contribution in [0.3, 0.4) is 0 Å². The molecule has 0 bridgehead atoms. The molecule has 3 aromatic rings. The van der Waals surface area contributed by atoms with Crippen molar-refractivity contribution >= 4 is 35.7 Å². The molecular weight excluding hydrogens is 481 g/mol. The van der Waals surface area contributed by atoms with E-state index in [1.165, 1.54) is 23.7 Å². The van der Waals surface area contributed by atoms with Crippen molar-refractivity contribution in [3.05, 3.63) is 77.2 Å². The van der Waals surface area contributed by atoms with Crippen LogP contribution in [0.25, 0.3) is 10.9 Å². The Morgan fingerprint density at radius 1 is 1.08 bits per heavy atom. The number of unbranched alkanes of at least 4 members (excludes halogenated alkanes) is 4. The van der Waals surface area contributed by atoms with Crippen LogP contribution in [0.5, 0.6) is 0 Å². The van der Waals surface area contributed by atoms with E-state index >= 15 is 0 Å². The Labute approximate surface area is 218 Å². The van der Waals surface area contributed by atoms with Crippen LogP contribution in [0.1, 0.15) is 43.4 Å². The molecule has 0 aliphatic heterocycles. The average molecular weight is 520 g/mol. The Morgan fingerprint density at radius 2 is 1.69 bits per heavy atom. The fourth-order valence-electron chi connectivity index (χ4n) is 3.50. The second kappa shape index (κ2) is 20.2. The number of aromatic nitrogens is 2. The summed E-state index contributed by atoms with van der Waals surface area (Å²) in [6.07, 6.45) is 8.49. The van der Waals surface area contributed by atoms with E-state index in [1.54, 1.807) is 17.1 Å². The van der Waals surface area contributed by atoms with E-state index in [2.05, 4.69) is 29.5 Å². The number of carbonyl (C=O) groups is 2. The van der Waals surface area contributed by atoms with Crippen LogP contribution < -0.4 is 11.6 Å². The molecule has 0 fully saturated rings. The first-order valence-corrected chi connectivity index (χ1v) is 12.1. The van der Waals surface area contributed by atoms with E-state index in [4.69, 9.17) is 27.0 Å². The van der Waals surface area contributed by atoms with Gasteiger partial charge in [-0.2, -0.15) is 5.10 Å². The molecule has 0 unspecified atom stereocenters. The summed E-state index contributed by atoms with van der Waals surface area (Å²) in [5, 5.41) is 7.58. The predicted octanol–water partition coefficient (Wildman–Crippen LogP) is 5.22. The third-order valence-electron chi connectivity index (χ3n) is 5.13. The van der Waals surface area contributed by atoms with Crippen LogP contribution in [-0.2, 0) is 22.6 Å². The molecule has 9 heteroatoms. The van der Waals surface area contributed by atoms with Crippen molar-refractivity contribution in [2.45, 2.75) is 52.0 Å². The van der Waals surface area contributed by atoms with Crippen molar-refractivity contribution in [3.63, 3.8) is 0 Å². The van der Waals surface area contributed by atoms with Gasteiger partial charge >= 0.3 is 0 Å². The number of hydrogen-bond acceptors (Lipinski definition) is 5. The lowest BCUT2D eigenvalue weighted by molar-refractivity contribution is -0.107. The molecule has 0 aliphatic carbocycles. The summed E-state index contributed by atoms with van der Waals surface area (Å²) >= 11 is 5.73. The Balaban J connectivity index is 0.000000595. The van der Waals surface area contributed by atoms with Crippen molar-refractivity contribution < 1.29 is 14.0 Å². The Kier molecular flexibility index (Phi) is 18.4. The van der Waals surface area contributed by atoms with E-state index in [1.807, 2.05) is 49.7 Å². The second-order valence-electron chi connectivity index (χ2n) is 7.92. The molecule has 198 valence electrons. The summed E-state index contributed by atoms with van der Waals surface area (Å²) in [6, 6.07) is 13.4. The Hall–Kier alpha value is -3.07. The monoisotopic (exact) mass is 519 g/mol. The average Bonchev–Trinajstić information content (AvgIpc) is 3.19. The van der Waals surface area contributed by atoms with Crippen LogP contribution in [0, 0.1) is 12.7 Å². The number of carbonyl (C=O) groups excluding carboxylic acids is 2. The van der Waals surface area contributed by atoms with Crippen molar-refractivity contribution in [2.75, 3.05) is 13.6 Å². The lowest BCUT2D eigenvalue weighted by Gasteiger charge is -2.08. The number of hydrogen-bond donors (Lipinski definition) is 2. The summed E-state index contributed by atoms with van der Waals surface area (Å²) in [4.78, 5) is 16.6. The highest BCUT2D eigenvalue weighted by molar-refractivity contribution is 6.30. The van der Waals surface area contributed by atoms with E-state index < -0.39 is 0 Å². The third kappa shape index (κ3) is 12.6. The number of aryl methyl sites for hydroxylation is 2. The minimum absolute atomic E-state index is 0.221. The van der Waals surface area contributed by atoms with Crippen molar-refractivity contribution in [1.82, 2.24) is 14.8 Å². The first-order chi connectivity index (χ1) is 17.3. The minimum atomic E-state index is -0.260. The molecule has 4 N–H and O–H groups in total. The van der Waals surface area contributed by atoms with Crippen molar-refractivity contribution in [3.8, 4) is 0 Å². The van der Waals surface area contributed by atoms with Gasteiger partial charge in [0, 0.05) is 19.0 Å². The highest BCUT2D eigenvalue weighted by atomic mass is 35.5. The van der Waals surface area contributed by atoms with Crippen LogP contribution in [0.15, 0.2) is 55.1 Å². The number of halogens is 2. The second-order valence-corrected chi connectivity index (χ2v) is 8.33. The third-order valence-corrected chi connectivity index (χ3v) is 5.43. The van der Waals surface area contributed by atoms with Gasteiger partial charge in [-0.05, 0) is 43.9 Å². The molecule has 36 heavy (non-hydrogen) atoms. The molecule has 0 aliphatic rings. The van der Waals surface area contributed by atoms with Gasteiger partial charge in [-0.1, -0.05) is 67.3 Å². The summed E-state index contributed by atoms with van der Waals surface area (Å²) < 4.78 is 15.5. The lowest BCUT2D eigenvalue weighted by atomic mass is 10.0. The highest BCUT2D eigenvalue weighted by Crippen LogP contribution is 2.20. The maximum atomic E-state index is 13.6. The number of nitrogens with two attached hydrogens (primary N) is 2. The number of nitrogens with zero attached hydrogens (tertiary/aromatic N) is 3. The molecule has 1 heterocycles. The zero-order chi connectivity index (χ0) is 27.3. The molecule has 0 saturated heterocycles. The fourth-order valence-corrected chi connectivity index (χ4v) is 3.70. The van der Waals surface area contributed by atoms with Crippen LogP contribution in [-0.4, -0.2) is 41.6 Å². The predicted molar refractivity (Wildman–Crippen MR) is 147 cm³/mol. The van der Waals surface area contributed by atoms with E-state index in [9.17, 15) is 4.39 Å². The zero-order valence-electron chi connectivity index (χ0n) is 21.3. The molecule has 2 aromatic carbocycles. The van der Waals surface area contributed by atoms with Gasteiger partial charge in [0.15, 0.2) is 0 Å². The number of amides is 1. The number of rotatable bonds is 10. The summed E-state index contributed by atoms with van der Waals surface area (Å²) in [6.45, 7) is 9.45. The lowest BCUT2D eigenvalue weighted by Crippen LogP contribution is -2.26. The van der Waals surface area contributed by atoms with Gasteiger partial charge in [-0.15, -0.1) is 6.58 Å². The molecule has 1 aromatic heterocycles. The maximum Gasteiger partial charge on any atom is 0.204 e. The quantitative estimate of drug-likeness (QED) is 0.125. The van der Waals surface area contributed by atoms with E-state index in [0.717, 1.165) is 50.0 Å². The molecule has 7 nitrogen and oxygen atoms in total. The first kappa shape index (κ1) is 32.9. The number of benzene rings is 2. The van der Waals surface area contributed by atoms with Crippen molar-refractivity contribution in [1.29, 1.82) is 0 Å². The number of hydrazine groups is 1. The zero-order valence-corrected chi connectivity index (χ0v) is 22.1. The van der Waals surface area contributed by atoms with Crippen LogP contribution in [0.4, 0.5) is 4.39 Å². The molecule has 0 radical (unpaired) electrons. The Morgan fingerprint density at radius 3 is 2.33 bits per heavy atom. The van der Waals surface area contributed by atoms with Crippen molar-refractivity contribution in [2.24, 2.45) is 11.6 Å². The Bertz CT molecular complexity index is 1030. The van der Waals surface area contributed by atoms with Crippen LogP contribution in [0.2, 0.25) is 5.02 Å². The number of para-hydroxylation sites is 1. The number of fused-ring (bicyclic) bond motifs is 1. The standard InChI is InChI=1S/C14H22ClFN2.C11H12N2.CH3NO.CH2O/c1-18(17)11-6-4-2-3-5-8-12-9-7-10-13(15)14(12)16;1-3-8-13-11-7-5-4-6-10(11)9(2)12-13;2-1-3;1-2/h7,9-10H,2-6,8,11,17H2,1H3;3-7H,1,8H2,2H3;1H,(H2,2,3);1H2. The molecule has 0 spiro atoms. The minimum Gasteiger partial charge on any atom is -0.372 e. The highest BCUT2D eigenvalue weighted by Gasteiger charge is 2.05.